The van der Waals surface area contributed by atoms with E-state index in [1.807, 2.05) is 12.1 Å². The summed E-state index contributed by atoms with van der Waals surface area (Å²) in [4.78, 5) is 38.3. The van der Waals surface area contributed by atoms with E-state index in [1.54, 1.807) is 11.0 Å². The number of imide groups is 1. The number of hydrogen-bond donors (Lipinski definition) is 2. The Morgan fingerprint density at radius 1 is 1.09 bits per heavy atom. The van der Waals surface area contributed by atoms with Gasteiger partial charge in [0, 0.05) is 31.1 Å². The van der Waals surface area contributed by atoms with E-state index < -0.39 is 17.6 Å². The zero-order chi connectivity index (χ0) is 23.5. The third kappa shape index (κ3) is 3.80. The fourth-order valence-electron chi connectivity index (χ4n) is 6.84. The van der Waals surface area contributed by atoms with E-state index in [9.17, 15) is 18.8 Å². The summed E-state index contributed by atoms with van der Waals surface area (Å²) in [6, 6.07) is 5.19. The van der Waals surface area contributed by atoms with E-state index >= 15 is 0 Å². The average Bonchev–Trinajstić information content (AvgIpc) is 2.92. The van der Waals surface area contributed by atoms with Gasteiger partial charge in [-0.2, -0.15) is 0 Å². The van der Waals surface area contributed by atoms with Gasteiger partial charge in [0.1, 0.15) is 23.6 Å². The van der Waals surface area contributed by atoms with Gasteiger partial charge in [0.25, 0.3) is 5.91 Å². The molecule has 0 spiro atoms. The third-order valence-corrected chi connectivity index (χ3v) is 8.55. The largest absolute Gasteiger partial charge is 0.489 e. The first-order valence-electron chi connectivity index (χ1n) is 12.7. The molecule has 3 atom stereocenters. The molecule has 2 N–H and O–H groups in total. The summed E-state index contributed by atoms with van der Waals surface area (Å²) in [6.07, 6.45) is 8.24. The first-order chi connectivity index (χ1) is 16.3. The molecule has 5 fully saturated rings. The molecule has 1 aromatic carbocycles. The van der Waals surface area contributed by atoms with Gasteiger partial charge < -0.3 is 15.0 Å². The summed E-state index contributed by atoms with van der Waals surface area (Å²) in [5.41, 5.74) is 0.743. The summed E-state index contributed by atoms with van der Waals surface area (Å²) in [6.45, 7) is 1.21. The van der Waals surface area contributed by atoms with Crippen LogP contribution in [0.3, 0.4) is 0 Å². The lowest BCUT2D eigenvalue weighted by molar-refractivity contribution is -0.211. The minimum atomic E-state index is -0.870. The number of alkyl halides is 1. The molecule has 2 bridgehead atoms. The van der Waals surface area contributed by atoms with Crippen molar-refractivity contribution in [3.63, 3.8) is 0 Å². The number of ether oxygens (including phenoxy) is 1. The Balaban J connectivity index is 1.12. The van der Waals surface area contributed by atoms with Crippen molar-refractivity contribution in [2.75, 3.05) is 6.54 Å². The summed E-state index contributed by atoms with van der Waals surface area (Å²) in [7, 11) is 0. The molecule has 7 nitrogen and oxygen atoms in total. The Hall–Kier alpha value is -2.48. The number of hydrogen-bond acceptors (Lipinski definition) is 5. The number of benzene rings is 1. The standard InChI is InChI=1S/C26H32FN3O4/c27-26-12-25(13-26,14-26)15-28-19-4-2-1-3-5-21(19)34-17-6-7-18-16(10-17)11-30(24(18)33)20-8-9-22(31)29-23(20)32/h6-7,10,19-21,28H,1-5,8-9,11-15H2,(H,29,31,32)/t19-,20?,21-,25?,26?/m1/s1. The van der Waals surface area contributed by atoms with E-state index in [0.29, 0.717) is 37.8 Å². The molecule has 4 saturated carbocycles. The topological polar surface area (TPSA) is 87.7 Å². The maximum Gasteiger partial charge on any atom is 0.255 e. The van der Waals surface area contributed by atoms with Crippen LogP contribution in [0.4, 0.5) is 4.39 Å². The summed E-state index contributed by atoms with van der Waals surface area (Å²) >= 11 is 0. The average molecular weight is 470 g/mol. The van der Waals surface area contributed by atoms with Crippen LogP contribution in [0.1, 0.15) is 80.1 Å². The lowest BCUT2D eigenvalue weighted by Gasteiger charge is -2.66. The molecule has 34 heavy (non-hydrogen) atoms. The van der Waals surface area contributed by atoms with Crippen molar-refractivity contribution in [3.8, 4) is 5.75 Å². The lowest BCUT2D eigenvalue weighted by Crippen LogP contribution is -2.68. The summed E-state index contributed by atoms with van der Waals surface area (Å²) < 4.78 is 20.4. The molecule has 182 valence electrons. The van der Waals surface area contributed by atoms with Gasteiger partial charge in [-0.15, -0.1) is 0 Å². The molecule has 8 heteroatoms. The number of rotatable bonds is 6. The molecule has 3 amide bonds. The minimum absolute atomic E-state index is 0.0376. The molecule has 7 rings (SSSR count). The fourth-order valence-corrected chi connectivity index (χ4v) is 6.84. The van der Waals surface area contributed by atoms with Crippen LogP contribution in [-0.4, -0.2) is 53.0 Å². The van der Waals surface area contributed by atoms with Crippen molar-refractivity contribution in [2.24, 2.45) is 5.41 Å². The quantitative estimate of drug-likeness (QED) is 0.494. The predicted octanol–water partition coefficient (Wildman–Crippen LogP) is 3.01. The molecule has 2 heterocycles. The van der Waals surface area contributed by atoms with E-state index in [0.717, 1.165) is 43.5 Å². The zero-order valence-electron chi connectivity index (χ0n) is 19.4. The smallest absolute Gasteiger partial charge is 0.255 e. The molecule has 4 aliphatic carbocycles. The second-order valence-corrected chi connectivity index (χ2v) is 11.2. The van der Waals surface area contributed by atoms with E-state index in [1.165, 1.54) is 6.42 Å². The van der Waals surface area contributed by atoms with Crippen molar-refractivity contribution in [3.05, 3.63) is 29.3 Å². The van der Waals surface area contributed by atoms with Crippen LogP contribution >= 0.6 is 0 Å². The first-order valence-corrected chi connectivity index (χ1v) is 12.7. The van der Waals surface area contributed by atoms with Crippen LogP contribution in [0, 0.1) is 5.41 Å². The van der Waals surface area contributed by atoms with Gasteiger partial charge in [-0.3, -0.25) is 19.7 Å². The normalized spacial score (nSPS) is 36.8. The van der Waals surface area contributed by atoms with Crippen LogP contribution < -0.4 is 15.4 Å². The highest BCUT2D eigenvalue weighted by atomic mass is 19.1. The molecule has 1 saturated heterocycles. The van der Waals surface area contributed by atoms with Gasteiger partial charge in [0.15, 0.2) is 0 Å². The predicted molar refractivity (Wildman–Crippen MR) is 122 cm³/mol. The second kappa shape index (κ2) is 8.04. The van der Waals surface area contributed by atoms with Crippen LogP contribution in [0.15, 0.2) is 18.2 Å². The fraction of sp³-hybridized carbons (Fsp3) is 0.654. The molecular formula is C26H32FN3O4. The SMILES string of the molecule is O=C1CCC(N2Cc3cc(O[C@@H]4CCCCC[C@H]4NCC45CC(F)(C4)C5)ccc3C2=O)C(=O)N1. The molecule has 6 aliphatic rings. The Kier molecular flexibility index (Phi) is 5.20. The van der Waals surface area contributed by atoms with Crippen LogP contribution in [-0.2, 0) is 16.1 Å². The van der Waals surface area contributed by atoms with Gasteiger partial charge in [0.05, 0.1) is 0 Å². The Bertz CT molecular complexity index is 1020. The van der Waals surface area contributed by atoms with Crippen molar-refractivity contribution in [1.82, 2.24) is 15.5 Å². The first kappa shape index (κ1) is 22.0. The highest BCUT2D eigenvalue weighted by Crippen LogP contribution is 2.69. The second-order valence-electron chi connectivity index (χ2n) is 11.2. The van der Waals surface area contributed by atoms with Gasteiger partial charge in [-0.05, 0) is 74.1 Å². The van der Waals surface area contributed by atoms with E-state index in [-0.39, 0.29) is 35.8 Å². The molecular weight excluding hydrogens is 437 g/mol. The number of carbonyl (C=O) groups is 3. The summed E-state index contributed by atoms with van der Waals surface area (Å²) in [5.74, 6) is -0.118. The van der Waals surface area contributed by atoms with Gasteiger partial charge in [-0.1, -0.05) is 12.8 Å². The minimum Gasteiger partial charge on any atom is -0.489 e. The molecule has 0 radical (unpaired) electrons. The van der Waals surface area contributed by atoms with Crippen LogP contribution in [0.2, 0.25) is 0 Å². The highest BCUT2D eigenvalue weighted by molar-refractivity contribution is 6.05. The lowest BCUT2D eigenvalue weighted by atomic mass is 9.42. The van der Waals surface area contributed by atoms with Crippen LogP contribution in [0.25, 0.3) is 0 Å². The van der Waals surface area contributed by atoms with Gasteiger partial charge in [-0.25, -0.2) is 4.39 Å². The Morgan fingerprint density at radius 3 is 2.65 bits per heavy atom. The van der Waals surface area contributed by atoms with Crippen molar-refractivity contribution < 1.29 is 23.5 Å². The van der Waals surface area contributed by atoms with Gasteiger partial charge in [0.2, 0.25) is 11.8 Å². The van der Waals surface area contributed by atoms with Gasteiger partial charge >= 0.3 is 0 Å². The number of carbonyl (C=O) groups excluding carboxylic acids is 3. The maximum atomic E-state index is 13.9. The Morgan fingerprint density at radius 2 is 1.88 bits per heavy atom. The number of nitrogens with zero attached hydrogens (tertiary/aromatic N) is 1. The van der Waals surface area contributed by atoms with Crippen molar-refractivity contribution >= 4 is 17.7 Å². The highest BCUT2D eigenvalue weighted by Gasteiger charge is 2.68. The maximum absolute atomic E-state index is 13.9. The zero-order valence-corrected chi connectivity index (χ0v) is 19.4. The van der Waals surface area contributed by atoms with Crippen molar-refractivity contribution in [1.29, 1.82) is 0 Å². The molecule has 1 aromatic rings. The molecule has 2 aliphatic heterocycles. The number of nitrogens with one attached hydrogen (secondary N) is 2. The van der Waals surface area contributed by atoms with E-state index in [2.05, 4.69) is 10.6 Å². The molecule has 0 aromatic heterocycles. The van der Waals surface area contributed by atoms with Crippen molar-refractivity contribution in [2.45, 2.75) is 94.6 Å². The van der Waals surface area contributed by atoms with Crippen LogP contribution in [0.5, 0.6) is 5.75 Å². The Labute approximate surface area is 198 Å². The number of amides is 3. The number of halogens is 1. The van der Waals surface area contributed by atoms with E-state index in [4.69, 9.17) is 4.74 Å². The monoisotopic (exact) mass is 469 g/mol. The number of fused-ring (bicyclic) bond motifs is 1. The molecule has 1 unspecified atom stereocenters. The third-order valence-electron chi connectivity index (χ3n) is 8.55. The summed E-state index contributed by atoms with van der Waals surface area (Å²) in [5, 5.41) is 6.06. The number of piperidine rings is 1.